The molecule has 1 saturated heterocycles. The van der Waals surface area contributed by atoms with E-state index in [1.165, 1.54) is 30.1 Å². The number of fused-ring (bicyclic) bond motifs is 1. The van der Waals surface area contributed by atoms with Crippen molar-refractivity contribution in [1.82, 2.24) is 19.7 Å². The minimum atomic E-state index is -4.51. The van der Waals surface area contributed by atoms with E-state index in [1.807, 2.05) is 18.2 Å². The van der Waals surface area contributed by atoms with Crippen molar-refractivity contribution in [2.24, 2.45) is 0 Å². The molecule has 3 heterocycles. The number of halogens is 3. The van der Waals surface area contributed by atoms with Gasteiger partial charge >= 0.3 is 6.18 Å². The van der Waals surface area contributed by atoms with Gasteiger partial charge in [0, 0.05) is 13.1 Å². The number of carbonyl (C=O) groups is 1. The van der Waals surface area contributed by atoms with Crippen molar-refractivity contribution < 1.29 is 22.7 Å². The molecule has 180 valence electrons. The monoisotopic (exact) mass is 482 g/mol. The molecule has 2 aromatic heterocycles. The van der Waals surface area contributed by atoms with E-state index in [4.69, 9.17) is 9.72 Å². The molecule has 4 aromatic rings. The van der Waals surface area contributed by atoms with Crippen LogP contribution in [0.5, 0.6) is 5.75 Å². The SMILES string of the molecule is COc1cn(-c2cccc(C(F)(F)F)c2)nc1C(=O)Nc1nc2ccccc2nc1N1CCCC1. The van der Waals surface area contributed by atoms with E-state index in [2.05, 4.69) is 20.3 Å². The van der Waals surface area contributed by atoms with E-state index in [0.29, 0.717) is 16.9 Å². The number of hydrogen-bond donors (Lipinski definition) is 1. The van der Waals surface area contributed by atoms with Crippen LogP contribution in [0, 0.1) is 0 Å². The number of aromatic nitrogens is 4. The van der Waals surface area contributed by atoms with Crippen molar-refractivity contribution in [3.63, 3.8) is 0 Å². The van der Waals surface area contributed by atoms with Gasteiger partial charge in [0.05, 0.1) is 35.6 Å². The van der Waals surface area contributed by atoms with Crippen LogP contribution in [-0.4, -0.2) is 45.9 Å². The number of para-hydroxylation sites is 2. The first-order valence-corrected chi connectivity index (χ1v) is 11.0. The van der Waals surface area contributed by atoms with Gasteiger partial charge < -0.3 is 15.0 Å². The van der Waals surface area contributed by atoms with E-state index < -0.39 is 17.6 Å². The minimum absolute atomic E-state index is 0.0905. The van der Waals surface area contributed by atoms with Crippen LogP contribution in [0.1, 0.15) is 28.9 Å². The fraction of sp³-hybridized carbons (Fsp3) is 0.250. The zero-order chi connectivity index (χ0) is 24.6. The molecule has 1 fully saturated rings. The van der Waals surface area contributed by atoms with E-state index >= 15 is 0 Å². The zero-order valence-electron chi connectivity index (χ0n) is 18.7. The summed E-state index contributed by atoms with van der Waals surface area (Å²) in [5.41, 5.74) is 0.552. The van der Waals surface area contributed by atoms with E-state index in [-0.39, 0.29) is 22.9 Å². The van der Waals surface area contributed by atoms with Gasteiger partial charge in [0.25, 0.3) is 5.91 Å². The molecule has 35 heavy (non-hydrogen) atoms. The molecule has 8 nitrogen and oxygen atoms in total. The topological polar surface area (TPSA) is 85.2 Å². The number of alkyl halides is 3. The van der Waals surface area contributed by atoms with Crippen LogP contribution < -0.4 is 15.0 Å². The van der Waals surface area contributed by atoms with Crippen molar-refractivity contribution in [1.29, 1.82) is 0 Å². The summed E-state index contributed by atoms with van der Waals surface area (Å²) in [6.07, 6.45) is -1.12. The lowest BCUT2D eigenvalue weighted by atomic mass is 10.2. The van der Waals surface area contributed by atoms with Gasteiger partial charge in [-0.2, -0.15) is 18.3 Å². The predicted octanol–water partition coefficient (Wildman–Crippen LogP) is 4.70. The summed E-state index contributed by atoms with van der Waals surface area (Å²) in [5, 5.41) is 6.99. The summed E-state index contributed by atoms with van der Waals surface area (Å²) in [5.74, 6) is 0.339. The van der Waals surface area contributed by atoms with E-state index in [0.717, 1.165) is 38.1 Å². The number of amides is 1. The highest BCUT2D eigenvalue weighted by atomic mass is 19.4. The largest absolute Gasteiger partial charge is 0.493 e. The third kappa shape index (κ3) is 4.48. The van der Waals surface area contributed by atoms with Gasteiger partial charge in [0.2, 0.25) is 0 Å². The molecule has 2 aromatic carbocycles. The molecule has 1 aliphatic rings. The van der Waals surface area contributed by atoms with E-state index in [1.54, 1.807) is 6.07 Å². The molecule has 11 heteroatoms. The summed E-state index contributed by atoms with van der Waals surface area (Å²) in [7, 11) is 1.36. The van der Waals surface area contributed by atoms with E-state index in [9.17, 15) is 18.0 Å². The summed E-state index contributed by atoms with van der Waals surface area (Å²) >= 11 is 0. The van der Waals surface area contributed by atoms with Gasteiger partial charge in [-0.15, -0.1) is 0 Å². The van der Waals surface area contributed by atoms with Crippen LogP contribution in [0.25, 0.3) is 16.7 Å². The van der Waals surface area contributed by atoms with Crippen LogP contribution >= 0.6 is 0 Å². The van der Waals surface area contributed by atoms with Gasteiger partial charge in [-0.05, 0) is 43.2 Å². The van der Waals surface area contributed by atoms with Gasteiger partial charge in [0.1, 0.15) is 0 Å². The van der Waals surface area contributed by atoms with Crippen LogP contribution in [-0.2, 0) is 6.18 Å². The summed E-state index contributed by atoms with van der Waals surface area (Å²) in [6, 6.07) is 12.0. The molecule has 0 radical (unpaired) electrons. The molecule has 0 aliphatic carbocycles. The minimum Gasteiger partial charge on any atom is -0.493 e. The first kappa shape index (κ1) is 22.6. The fourth-order valence-corrected chi connectivity index (χ4v) is 4.01. The third-order valence-corrected chi connectivity index (χ3v) is 5.74. The highest BCUT2D eigenvalue weighted by Gasteiger charge is 2.31. The molecule has 5 rings (SSSR count). The van der Waals surface area contributed by atoms with Crippen molar-refractivity contribution in [3.8, 4) is 11.4 Å². The molecule has 0 saturated carbocycles. The number of benzene rings is 2. The Morgan fingerprint density at radius 2 is 1.74 bits per heavy atom. The Balaban J connectivity index is 1.50. The number of ether oxygens (including phenoxy) is 1. The molecule has 1 amide bonds. The molecule has 0 unspecified atom stereocenters. The Labute approximate surface area is 198 Å². The number of carbonyl (C=O) groups excluding carboxylic acids is 1. The quantitative estimate of drug-likeness (QED) is 0.444. The standard InChI is InChI=1S/C24H21F3N6O2/c1-35-19-14-33(16-8-6-7-15(13-16)24(25,26)27)31-20(19)23(34)30-21-22(32-11-4-5-12-32)29-18-10-3-2-9-17(18)28-21/h2-3,6-10,13-14H,4-5,11-12H2,1H3,(H,28,30,34). The number of rotatable bonds is 5. The first-order chi connectivity index (χ1) is 16.8. The number of nitrogens with zero attached hydrogens (tertiary/aromatic N) is 5. The zero-order valence-corrected chi connectivity index (χ0v) is 18.7. The van der Waals surface area contributed by atoms with Crippen LogP contribution in [0.2, 0.25) is 0 Å². The third-order valence-electron chi connectivity index (χ3n) is 5.74. The van der Waals surface area contributed by atoms with Crippen molar-refractivity contribution >= 4 is 28.6 Å². The van der Waals surface area contributed by atoms with Gasteiger partial charge in [0.15, 0.2) is 23.1 Å². The Kier molecular flexibility index (Phi) is 5.75. The Hall–Kier alpha value is -4.15. The highest BCUT2D eigenvalue weighted by Crippen LogP contribution is 2.32. The molecular formula is C24H21F3N6O2. The molecule has 0 atom stereocenters. The number of nitrogens with one attached hydrogen (secondary N) is 1. The summed E-state index contributed by atoms with van der Waals surface area (Å²) in [6.45, 7) is 1.59. The van der Waals surface area contributed by atoms with Gasteiger partial charge in [-0.25, -0.2) is 14.6 Å². The van der Waals surface area contributed by atoms with Gasteiger partial charge in [-0.3, -0.25) is 4.79 Å². The second-order valence-electron chi connectivity index (χ2n) is 8.07. The van der Waals surface area contributed by atoms with Crippen LogP contribution in [0.3, 0.4) is 0 Å². The molecule has 0 bridgehead atoms. The second-order valence-corrected chi connectivity index (χ2v) is 8.07. The predicted molar refractivity (Wildman–Crippen MR) is 124 cm³/mol. The lowest BCUT2D eigenvalue weighted by Crippen LogP contribution is -2.23. The molecule has 0 spiro atoms. The normalized spacial score (nSPS) is 13.9. The number of anilines is 2. The molecule has 1 aliphatic heterocycles. The number of methoxy groups -OCH3 is 1. The summed E-state index contributed by atoms with van der Waals surface area (Å²) < 4.78 is 45.9. The second kappa shape index (κ2) is 8.90. The van der Waals surface area contributed by atoms with Gasteiger partial charge in [-0.1, -0.05) is 18.2 Å². The Morgan fingerprint density at radius 3 is 2.43 bits per heavy atom. The van der Waals surface area contributed by atoms with Crippen LogP contribution in [0.15, 0.2) is 54.7 Å². The lowest BCUT2D eigenvalue weighted by molar-refractivity contribution is -0.137. The lowest BCUT2D eigenvalue weighted by Gasteiger charge is -2.20. The molecular weight excluding hydrogens is 461 g/mol. The summed E-state index contributed by atoms with van der Waals surface area (Å²) in [4.78, 5) is 24.6. The average Bonchev–Trinajstić information content (AvgIpc) is 3.53. The molecule has 1 N–H and O–H groups in total. The van der Waals surface area contributed by atoms with Crippen molar-refractivity contribution in [3.05, 3.63) is 66.0 Å². The Bertz CT molecular complexity index is 1400. The Morgan fingerprint density at radius 1 is 1.03 bits per heavy atom. The average molecular weight is 482 g/mol. The highest BCUT2D eigenvalue weighted by molar-refractivity contribution is 6.06. The fourth-order valence-electron chi connectivity index (χ4n) is 4.01. The maximum absolute atomic E-state index is 13.2. The maximum atomic E-state index is 13.2. The van der Waals surface area contributed by atoms with Crippen LogP contribution in [0.4, 0.5) is 24.8 Å². The first-order valence-electron chi connectivity index (χ1n) is 11.0. The smallest absolute Gasteiger partial charge is 0.416 e. The van der Waals surface area contributed by atoms with Crippen molar-refractivity contribution in [2.45, 2.75) is 19.0 Å². The maximum Gasteiger partial charge on any atom is 0.416 e. The number of hydrogen-bond acceptors (Lipinski definition) is 6. The van der Waals surface area contributed by atoms with Crippen molar-refractivity contribution in [2.75, 3.05) is 30.4 Å².